The normalized spacial score (nSPS) is 11.6. The number of nitrogens with one attached hydrogen (secondary N) is 1. The molecule has 202 valence electrons. The number of aryl methyl sites for hydroxylation is 2. The summed E-state index contributed by atoms with van der Waals surface area (Å²) in [6.45, 7) is 7.08. The van der Waals surface area contributed by atoms with Crippen molar-refractivity contribution in [3.05, 3.63) is 95.1 Å². The molecule has 0 bridgehead atoms. The monoisotopic (exact) mass is 516 g/mol. The maximum Gasteiger partial charge on any atom is 0.243 e. The van der Waals surface area contributed by atoms with Crippen LogP contribution in [0.2, 0.25) is 0 Å². The zero-order valence-corrected chi connectivity index (χ0v) is 23.2. The van der Waals surface area contributed by atoms with Gasteiger partial charge in [0.25, 0.3) is 0 Å². The number of hydrogen-bond acceptors (Lipinski definition) is 4. The summed E-state index contributed by atoms with van der Waals surface area (Å²) in [5.41, 5.74) is 4.10. The van der Waals surface area contributed by atoms with Gasteiger partial charge in [-0.15, -0.1) is 0 Å². The molecule has 0 aliphatic carbocycles. The molecule has 38 heavy (non-hydrogen) atoms. The van der Waals surface area contributed by atoms with Crippen LogP contribution in [0, 0.1) is 12.8 Å². The molecule has 0 aromatic heterocycles. The van der Waals surface area contributed by atoms with Gasteiger partial charge in [0.05, 0.1) is 14.2 Å². The highest BCUT2D eigenvalue weighted by molar-refractivity contribution is 5.88. The van der Waals surface area contributed by atoms with Gasteiger partial charge in [-0.2, -0.15) is 0 Å². The summed E-state index contributed by atoms with van der Waals surface area (Å²) < 4.78 is 10.8. The Labute approximate surface area is 227 Å². The fourth-order valence-electron chi connectivity index (χ4n) is 4.38. The van der Waals surface area contributed by atoms with E-state index < -0.39 is 6.04 Å². The number of rotatable bonds is 13. The van der Waals surface area contributed by atoms with Gasteiger partial charge in [0.15, 0.2) is 11.5 Å². The quantitative estimate of drug-likeness (QED) is 0.332. The molecule has 2 amide bonds. The molecule has 3 aromatic rings. The van der Waals surface area contributed by atoms with Crippen LogP contribution in [0.15, 0.2) is 72.8 Å². The van der Waals surface area contributed by atoms with E-state index in [9.17, 15) is 9.59 Å². The molecular weight excluding hydrogens is 476 g/mol. The van der Waals surface area contributed by atoms with E-state index in [-0.39, 0.29) is 18.2 Å². The van der Waals surface area contributed by atoms with Crippen molar-refractivity contribution < 1.29 is 19.1 Å². The molecule has 0 spiro atoms. The minimum Gasteiger partial charge on any atom is -0.493 e. The lowest BCUT2D eigenvalue weighted by Crippen LogP contribution is -2.51. The number of benzene rings is 3. The molecule has 6 heteroatoms. The summed E-state index contributed by atoms with van der Waals surface area (Å²) >= 11 is 0. The maximum atomic E-state index is 13.9. The molecule has 3 rings (SSSR count). The average Bonchev–Trinajstić information content (AvgIpc) is 2.93. The van der Waals surface area contributed by atoms with Crippen molar-refractivity contribution in [1.82, 2.24) is 10.2 Å². The predicted molar refractivity (Wildman–Crippen MR) is 151 cm³/mol. The second kappa shape index (κ2) is 14.2. The van der Waals surface area contributed by atoms with Crippen LogP contribution in [0.25, 0.3) is 0 Å². The summed E-state index contributed by atoms with van der Waals surface area (Å²) in [4.78, 5) is 29.2. The number of amides is 2. The zero-order valence-electron chi connectivity index (χ0n) is 23.2. The Bertz CT molecular complexity index is 1190. The third-order valence-corrected chi connectivity index (χ3v) is 6.63. The van der Waals surface area contributed by atoms with E-state index in [0.717, 1.165) is 22.3 Å². The molecule has 0 radical (unpaired) electrons. The van der Waals surface area contributed by atoms with Crippen molar-refractivity contribution in [2.45, 2.75) is 52.6 Å². The first kappa shape index (κ1) is 28.8. The molecule has 0 saturated heterocycles. The van der Waals surface area contributed by atoms with E-state index in [1.165, 1.54) is 0 Å². The summed E-state index contributed by atoms with van der Waals surface area (Å²) in [6, 6.07) is 23.0. The largest absolute Gasteiger partial charge is 0.493 e. The molecule has 0 saturated carbocycles. The smallest absolute Gasteiger partial charge is 0.243 e. The summed E-state index contributed by atoms with van der Waals surface area (Å²) in [7, 11) is 3.20. The molecule has 1 N–H and O–H groups in total. The van der Waals surface area contributed by atoms with Crippen LogP contribution in [0.3, 0.4) is 0 Å². The fraction of sp³-hybridized carbons (Fsp3) is 0.375. The minimum atomic E-state index is -0.631. The van der Waals surface area contributed by atoms with Gasteiger partial charge in [0, 0.05) is 25.9 Å². The molecule has 0 unspecified atom stereocenters. The second-order valence-corrected chi connectivity index (χ2v) is 9.98. The molecule has 0 fully saturated rings. The van der Waals surface area contributed by atoms with Gasteiger partial charge in [-0.05, 0) is 53.6 Å². The van der Waals surface area contributed by atoms with E-state index in [2.05, 4.69) is 19.2 Å². The third kappa shape index (κ3) is 8.10. The SMILES string of the molecule is COc1ccc(CCC(=O)N(Cc2ccccc2C)[C@H](Cc2ccccc2)C(=O)NCC(C)C)cc1OC. The standard InChI is InChI=1S/C32H40N2O4/c1-23(2)21-33-32(36)28(19-25-12-7-6-8-13-25)34(22-27-14-10-9-11-24(27)3)31(35)18-16-26-15-17-29(37-4)30(20-26)38-5/h6-15,17,20,23,28H,16,18-19,21-22H2,1-5H3,(H,33,36)/t28-/m1/s1. The van der Waals surface area contributed by atoms with E-state index in [4.69, 9.17) is 9.47 Å². The molecule has 6 nitrogen and oxygen atoms in total. The van der Waals surface area contributed by atoms with Crippen LogP contribution < -0.4 is 14.8 Å². The van der Waals surface area contributed by atoms with Crippen LogP contribution in [-0.4, -0.2) is 43.5 Å². The van der Waals surface area contributed by atoms with E-state index in [1.807, 2.05) is 79.7 Å². The number of carbonyl (C=O) groups is 2. The van der Waals surface area contributed by atoms with Gasteiger partial charge in [0.1, 0.15) is 6.04 Å². The van der Waals surface area contributed by atoms with Crippen molar-refractivity contribution >= 4 is 11.8 Å². The van der Waals surface area contributed by atoms with Crippen molar-refractivity contribution in [3.63, 3.8) is 0 Å². The van der Waals surface area contributed by atoms with E-state index >= 15 is 0 Å². The fourth-order valence-corrected chi connectivity index (χ4v) is 4.38. The first-order chi connectivity index (χ1) is 18.3. The Balaban J connectivity index is 1.91. The molecule has 1 atom stereocenters. The Morgan fingerprint density at radius 1 is 0.868 bits per heavy atom. The average molecular weight is 517 g/mol. The highest BCUT2D eigenvalue weighted by Crippen LogP contribution is 2.28. The molecule has 3 aromatic carbocycles. The van der Waals surface area contributed by atoms with Gasteiger partial charge in [-0.1, -0.05) is 74.5 Å². The highest BCUT2D eigenvalue weighted by Gasteiger charge is 2.30. The predicted octanol–water partition coefficient (Wildman–Crippen LogP) is 5.36. The van der Waals surface area contributed by atoms with Crippen molar-refractivity contribution in [1.29, 1.82) is 0 Å². The Kier molecular flexibility index (Phi) is 10.8. The lowest BCUT2D eigenvalue weighted by atomic mass is 10.00. The lowest BCUT2D eigenvalue weighted by molar-refractivity contribution is -0.141. The van der Waals surface area contributed by atoms with E-state index in [1.54, 1.807) is 19.1 Å². The van der Waals surface area contributed by atoms with Crippen molar-refractivity contribution in [3.8, 4) is 11.5 Å². The topological polar surface area (TPSA) is 67.9 Å². The summed E-state index contributed by atoms with van der Waals surface area (Å²) in [6.07, 6.45) is 1.23. The summed E-state index contributed by atoms with van der Waals surface area (Å²) in [5, 5.41) is 3.08. The van der Waals surface area contributed by atoms with Crippen LogP contribution in [-0.2, 0) is 29.0 Å². The van der Waals surface area contributed by atoms with Crippen LogP contribution >= 0.6 is 0 Å². The van der Waals surface area contributed by atoms with Crippen molar-refractivity contribution in [2.75, 3.05) is 20.8 Å². The number of hydrogen-bond donors (Lipinski definition) is 1. The number of methoxy groups -OCH3 is 2. The zero-order chi connectivity index (χ0) is 27.5. The Hall–Kier alpha value is -3.80. The van der Waals surface area contributed by atoms with Gasteiger partial charge in [-0.3, -0.25) is 9.59 Å². The van der Waals surface area contributed by atoms with Gasteiger partial charge < -0.3 is 19.7 Å². The van der Waals surface area contributed by atoms with Crippen molar-refractivity contribution in [2.24, 2.45) is 5.92 Å². The van der Waals surface area contributed by atoms with Crippen LogP contribution in [0.5, 0.6) is 11.5 Å². The first-order valence-electron chi connectivity index (χ1n) is 13.2. The molecule has 0 aliphatic heterocycles. The maximum absolute atomic E-state index is 13.9. The van der Waals surface area contributed by atoms with Gasteiger partial charge >= 0.3 is 0 Å². The van der Waals surface area contributed by atoms with Gasteiger partial charge in [-0.25, -0.2) is 0 Å². The van der Waals surface area contributed by atoms with Gasteiger partial charge in [0.2, 0.25) is 11.8 Å². The first-order valence-corrected chi connectivity index (χ1v) is 13.2. The van der Waals surface area contributed by atoms with Crippen LogP contribution in [0.4, 0.5) is 0 Å². The molecule has 0 aliphatic rings. The Morgan fingerprint density at radius 2 is 1.55 bits per heavy atom. The Morgan fingerprint density at radius 3 is 2.21 bits per heavy atom. The number of ether oxygens (including phenoxy) is 2. The molecular formula is C32H40N2O4. The number of carbonyl (C=O) groups excluding carboxylic acids is 2. The lowest BCUT2D eigenvalue weighted by Gasteiger charge is -2.32. The summed E-state index contributed by atoms with van der Waals surface area (Å²) in [5.74, 6) is 1.39. The van der Waals surface area contributed by atoms with Crippen LogP contribution in [0.1, 0.15) is 42.5 Å². The minimum absolute atomic E-state index is 0.0660. The second-order valence-electron chi connectivity index (χ2n) is 9.98. The highest BCUT2D eigenvalue weighted by atomic mass is 16.5. The number of nitrogens with zero attached hydrogens (tertiary/aromatic N) is 1. The third-order valence-electron chi connectivity index (χ3n) is 6.63. The van der Waals surface area contributed by atoms with E-state index in [0.29, 0.717) is 43.3 Å². The molecule has 0 heterocycles.